The monoisotopic (exact) mass is 171 g/mol. The molecule has 0 atom stereocenters. The molecular formula is C10H21NO. The molecule has 1 saturated carbocycles. The first-order chi connectivity index (χ1) is 5.37. The molecule has 0 unspecified atom stereocenters. The van der Waals surface area contributed by atoms with Gasteiger partial charge in [-0.3, -0.25) is 0 Å². The molecule has 0 spiro atoms. The Labute approximate surface area is 75.5 Å². The van der Waals surface area contributed by atoms with E-state index in [0.29, 0.717) is 6.10 Å². The second-order valence-electron chi connectivity index (χ2n) is 4.86. The van der Waals surface area contributed by atoms with Crippen molar-refractivity contribution in [2.75, 3.05) is 6.61 Å². The molecule has 1 aliphatic rings. The molecule has 1 aliphatic carbocycles. The molecule has 0 amide bonds. The highest BCUT2D eigenvalue weighted by molar-refractivity contribution is 5.06. The topological polar surface area (TPSA) is 35.2 Å². The average molecular weight is 171 g/mol. The third-order valence-corrected chi connectivity index (χ3v) is 2.91. The van der Waals surface area contributed by atoms with Gasteiger partial charge in [-0.25, -0.2) is 0 Å². The van der Waals surface area contributed by atoms with Gasteiger partial charge in [0.1, 0.15) is 0 Å². The van der Waals surface area contributed by atoms with Crippen LogP contribution in [0.1, 0.15) is 40.5 Å². The molecule has 0 aromatic rings. The predicted molar refractivity (Wildman–Crippen MR) is 51.0 cm³/mol. The quantitative estimate of drug-likeness (QED) is 0.701. The van der Waals surface area contributed by atoms with Crippen molar-refractivity contribution >= 4 is 0 Å². The Bertz CT molecular complexity index is 154. The van der Waals surface area contributed by atoms with Crippen LogP contribution in [0.25, 0.3) is 0 Å². The van der Waals surface area contributed by atoms with Gasteiger partial charge in [0.2, 0.25) is 0 Å². The Balaban J connectivity index is 2.40. The predicted octanol–water partition coefficient (Wildman–Crippen LogP) is 1.93. The first-order valence-electron chi connectivity index (χ1n) is 4.78. The van der Waals surface area contributed by atoms with Crippen LogP contribution in [-0.4, -0.2) is 18.2 Å². The van der Waals surface area contributed by atoms with Gasteiger partial charge in [-0.15, -0.1) is 0 Å². The van der Waals surface area contributed by atoms with E-state index in [1.54, 1.807) is 0 Å². The molecule has 0 heterocycles. The molecule has 0 saturated heterocycles. The maximum absolute atomic E-state index is 6.08. The molecule has 0 aliphatic heterocycles. The van der Waals surface area contributed by atoms with Gasteiger partial charge in [0.25, 0.3) is 0 Å². The molecule has 12 heavy (non-hydrogen) atoms. The SMILES string of the molecule is CC(C)OCC1(C(C)(C)N)CC1. The summed E-state index contributed by atoms with van der Waals surface area (Å²) in [4.78, 5) is 0. The van der Waals surface area contributed by atoms with E-state index in [2.05, 4.69) is 27.7 Å². The van der Waals surface area contributed by atoms with Crippen LogP contribution in [0.4, 0.5) is 0 Å². The van der Waals surface area contributed by atoms with Gasteiger partial charge >= 0.3 is 0 Å². The van der Waals surface area contributed by atoms with Crippen LogP contribution in [0.3, 0.4) is 0 Å². The Morgan fingerprint density at radius 3 is 2.17 bits per heavy atom. The lowest BCUT2D eigenvalue weighted by atomic mass is 9.86. The van der Waals surface area contributed by atoms with E-state index >= 15 is 0 Å². The van der Waals surface area contributed by atoms with E-state index in [0.717, 1.165) is 6.61 Å². The summed E-state index contributed by atoms with van der Waals surface area (Å²) in [5.41, 5.74) is 6.28. The summed E-state index contributed by atoms with van der Waals surface area (Å²) in [5, 5.41) is 0. The summed E-state index contributed by atoms with van der Waals surface area (Å²) in [6, 6.07) is 0. The van der Waals surface area contributed by atoms with Gasteiger partial charge in [0, 0.05) is 11.0 Å². The van der Waals surface area contributed by atoms with Crippen LogP contribution in [-0.2, 0) is 4.74 Å². The number of rotatable bonds is 4. The zero-order valence-electron chi connectivity index (χ0n) is 8.68. The summed E-state index contributed by atoms with van der Waals surface area (Å²) in [6.45, 7) is 9.17. The fourth-order valence-electron chi connectivity index (χ4n) is 1.45. The molecule has 0 radical (unpaired) electrons. The molecule has 2 heteroatoms. The molecule has 1 fully saturated rings. The van der Waals surface area contributed by atoms with Gasteiger partial charge < -0.3 is 10.5 Å². The average Bonchev–Trinajstić information content (AvgIpc) is 2.60. The van der Waals surface area contributed by atoms with E-state index < -0.39 is 0 Å². The molecule has 0 aromatic heterocycles. The Kier molecular flexibility index (Phi) is 2.50. The number of hydrogen-bond acceptors (Lipinski definition) is 2. The van der Waals surface area contributed by atoms with Crippen LogP contribution in [0, 0.1) is 5.41 Å². The zero-order chi connectivity index (χ0) is 9.41. The molecule has 0 aromatic carbocycles. The van der Waals surface area contributed by atoms with Crippen LogP contribution in [0.15, 0.2) is 0 Å². The lowest BCUT2D eigenvalue weighted by Gasteiger charge is -2.31. The van der Waals surface area contributed by atoms with Crippen LogP contribution >= 0.6 is 0 Å². The van der Waals surface area contributed by atoms with Crippen molar-refractivity contribution in [3.8, 4) is 0 Å². The molecule has 0 bridgehead atoms. The lowest BCUT2D eigenvalue weighted by molar-refractivity contribution is 0.0232. The zero-order valence-corrected chi connectivity index (χ0v) is 8.68. The van der Waals surface area contributed by atoms with Crippen LogP contribution in [0.5, 0.6) is 0 Å². The highest BCUT2D eigenvalue weighted by atomic mass is 16.5. The summed E-state index contributed by atoms with van der Waals surface area (Å²) >= 11 is 0. The van der Waals surface area contributed by atoms with E-state index in [1.807, 2.05) is 0 Å². The standard InChI is InChI=1S/C10H21NO/c1-8(2)12-7-10(5-6-10)9(3,4)11/h8H,5-7,11H2,1-4H3. The van der Waals surface area contributed by atoms with Gasteiger partial charge in [-0.2, -0.15) is 0 Å². The highest BCUT2D eigenvalue weighted by Gasteiger charge is 2.52. The Morgan fingerprint density at radius 2 is 1.92 bits per heavy atom. The second kappa shape index (κ2) is 3.00. The third kappa shape index (κ3) is 1.99. The minimum absolute atomic E-state index is 0.0815. The van der Waals surface area contributed by atoms with Gasteiger partial charge in [-0.1, -0.05) is 0 Å². The number of hydrogen-bond donors (Lipinski definition) is 1. The van der Waals surface area contributed by atoms with Gasteiger partial charge in [0.15, 0.2) is 0 Å². The molecule has 1 rings (SSSR count). The Morgan fingerprint density at radius 1 is 1.42 bits per heavy atom. The van der Waals surface area contributed by atoms with Crippen molar-refractivity contribution in [1.82, 2.24) is 0 Å². The van der Waals surface area contributed by atoms with E-state index in [4.69, 9.17) is 10.5 Å². The summed E-state index contributed by atoms with van der Waals surface area (Å²) in [5.74, 6) is 0. The maximum atomic E-state index is 6.08. The third-order valence-electron chi connectivity index (χ3n) is 2.91. The van der Waals surface area contributed by atoms with E-state index in [-0.39, 0.29) is 11.0 Å². The van der Waals surface area contributed by atoms with E-state index in [9.17, 15) is 0 Å². The van der Waals surface area contributed by atoms with Gasteiger partial charge in [0.05, 0.1) is 12.7 Å². The summed E-state index contributed by atoms with van der Waals surface area (Å²) < 4.78 is 5.62. The fourth-order valence-corrected chi connectivity index (χ4v) is 1.45. The minimum atomic E-state index is -0.0815. The fraction of sp³-hybridized carbons (Fsp3) is 1.00. The molecule has 72 valence electrons. The van der Waals surface area contributed by atoms with Crippen LogP contribution < -0.4 is 5.73 Å². The van der Waals surface area contributed by atoms with E-state index in [1.165, 1.54) is 12.8 Å². The smallest absolute Gasteiger partial charge is 0.0543 e. The minimum Gasteiger partial charge on any atom is -0.378 e. The lowest BCUT2D eigenvalue weighted by Crippen LogP contribution is -2.45. The molecular weight excluding hydrogens is 150 g/mol. The summed E-state index contributed by atoms with van der Waals surface area (Å²) in [6.07, 6.45) is 2.77. The first-order valence-corrected chi connectivity index (χ1v) is 4.78. The van der Waals surface area contributed by atoms with Crippen molar-refractivity contribution in [2.45, 2.75) is 52.2 Å². The number of nitrogens with two attached hydrogens (primary N) is 1. The van der Waals surface area contributed by atoms with Crippen molar-refractivity contribution < 1.29 is 4.74 Å². The largest absolute Gasteiger partial charge is 0.378 e. The van der Waals surface area contributed by atoms with Gasteiger partial charge in [-0.05, 0) is 40.5 Å². The van der Waals surface area contributed by atoms with Crippen molar-refractivity contribution in [1.29, 1.82) is 0 Å². The maximum Gasteiger partial charge on any atom is 0.0543 e. The van der Waals surface area contributed by atoms with Crippen molar-refractivity contribution in [2.24, 2.45) is 11.1 Å². The van der Waals surface area contributed by atoms with Crippen molar-refractivity contribution in [3.63, 3.8) is 0 Å². The highest BCUT2D eigenvalue weighted by Crippen LogP contribution is 2.53. The normalized spacial score (nSPS) is 21.5. The van der Waals surface area contributed by atoms with Crippen LogP contribution in [0.2, 0.25) is 0 Å². The van der Waals surface area contributed by atoms with Crippen molar-refractivity contribution in [3.05, 3.63) is 0 Å². The second-order valence-corrected chi connectivity index (χ2v) is 4.86. The molecule has 2 N–H and O–H groups in total. The molecule has 2 nitrogen and oxygen atoms in total. The number of ether oxygens (including phenoxy) is 1. The Hall–Kier alpha value is -0.0800. The first kappa shape index (κ1) is 10.0. The summed E-state index contributed by atoms with van der Waals surface area (Å²) in [7, 11) is 0.